The topological polar surface area (TPSA) is 35.8 Å². The molecule has 0 saturated carbocycles. The van der Waals surface area contributed by atoms with Gasteiger partial charge in [0.25, 0.3) is 0 Å². The van der Waals surface area contributed by atoms with Gasteiger partial charge in [0.15, 0.2) is 0 Å². The van der Waals surface area contributed by atoms with Crippen molar-refractivity contribution in [2.45, 2.75) is 32.1 Å². The quantitative estimate of drug-likeness (QED) is 0.784. The van der Waals surface area contributed by atoms with Crippen molar-refractivity contribution < 1.29 is 0 Å². The second-order valence-corrected chi connectivity index (χ2v) is 6.02. The Labute approximate surface area is 108 Å². The number of thioether (sulfide) groups is 1. The van der Waals surface area contributed by atoms with E-state index in [0.717, 1.165) is 17.9 Å². The van der Waals surface area contributed by atoms with Gasteiger partial charge in [-0.05, 0) is 29.9 Å². The third-order valence-electron chi connectivity index (χ3n) is 2.52. The van der Waals surface area contributed by atoms with Gasteiger partial charge < -0.3 is 5.32 Å². The smallest absolute Gasteiger partial charge is 0.0991 e. The molecular formula is C14H20N2S. The van der Waals surface area contributed by atoms with E-state index < -0.39 is 0 Å². The summed E-state index contributed by atoms with van der Waals surface area (Å²) in [5.41, 5.74) is 1.91. The third-order valence-corrected chi connectivity index (χ3v) is 3.63. The second kappa shape index (κ2) is 7.37. The van der Waals surface area contributed by atoms with Crippen LogP contribution in [0.2, 0.25) is 0 Å². The van der Waals surface area contributed by atoms with Crippen LogP contribution in [0.15, 0.2) is 24.3 Å². The molecule has 0 aliphatic carbocycles. The fourth-order valence-corrected chi connectivity index (χ4v) is 2.27. The van der Waals surface area contributed by atoms with E-state index in [9.17, 15) is 0 Å². The predicted molar refractivity (Wildman–Crippen MR) is 75.2 cm³/mol. The van der Waals surface area contributed by atoms with Gasteiger partial charge >= 0.3 is 0 Å². The lowest BCUT2D eigenvalue weighted by Gasteiger charge is -2.14. The summed E-state index contributed by atoms with van der Waals surface area (Å²) in [6.07, 6.45) is 0. The van der Waals surface area contributed by atoms with Crippen molar-refractivity contribution in [2.75, 3.05) is 12.3 Å². The summed E-state index contributed by atoms with van der Waals surface area (Å²) in [6.45, 7) is 7.56. The Hall–Kier alpha value is -0.980. The van der Waals surface area contributed by atoms with E-state index in [1.807, 2.05) is 30.0 Å². The highest BCUT2D eigenvalue weighted by Crippen LogP contribution is 2.14. The zero-order valence-electron chi connectivity index (χ0n) is 10.7. The highest BCUT2D eigenvalue weighted by molar-refractivity contribution is 7.99. The standard InChI is InChI=1S/C14H20N2S/c1-11(2)17-8-7-16-12(3)14-6-4-5-13(9-14)10-15/h4-6,9,11-12,16H,7-8H2,1-3H3. The second-order valence-electron chi connectivity index (χ2n) is 4.33. The Morgan fingerprint density at radius 3 is 2.76 bits per heavy atom. The van der Waals surface area contributed by atoms with Crippen LogP contribution in [0.4, 0.5) is 0 Å². The molecule has 1 rings (SSSR count). The van der Waals surface area contributed by atoms with Crippen LogP contribution in [0.25, 0.3) is 0 Å². The van der Waals surface area contributed by atoms with E-state index in [1.54, 1.807) is 0 Å². The number of benzene rings is 1. The first-order chi connectivity index (χ1) is 8.13. The minimum atomic E-state index is 0.302. The third kappa shape index (κ3) is 5.25. The lowest BCUT2D eigenvalue weighted by Crippen LogP contribution is -2.21. The minimum absolute atomic E-state index is 0.302. The van der Waals surface area contributed by atoms with Crippen molar-refractivity contribution in [3.05, 3.63) is 35.4 Å². The number of nitrogens with zero attached hydrogens (tertiary/aromatic N) is 1. The normalized spacial score (nSPS) is 12.4. The fraction of sp³-hybridized carbons (Fsp3) is 0.500. The molecule has 3 heteroatoms. The Bertz CT molecular complexity index is 382. The average molecular weight is 248 g/mol. The summed E-state index contributed by atoms with van der Waals surface area (Å²) in [6, 6.07) is 10.3. The number of hydrogen-bond acceptors (Lipinski definition) is 3. The zero-order valence-corrected chi connectivity index (χ0v) is 11.6. The van der Waals surface area contributed by atoms with Crippen molar-refractivity contribution >= 4 is 11.8 Å². The molecule has 0 aliphatic heterocycles. The maximum Gasteiger partial charge on any atom is 0.0991 e. The largest absolute Gasteiger partial charge is 0.309 e. The molecule has 0 spiro atoms. The lowest BCUT2D eigenvalue weighted by molar-refractivity contribution is 0.601. The van der Waals surface area contributed by atoms with Gasteiger partial charge in [0.05, 0.1) is 11.6 Å². The first kappa shape index (κ1) is 14.1. The minimum Gasteiger partial charge on any atom is -0.309 e. The van der Waals surface area contributed by atoms with Crippen LogP contribution >= 0.6 is 11.8 Å². The van der Waals surface area contributed by atoms with Crippen LogP contribution in [0.5, 0.6) is 0 Å². The van der Waals surface area contributed by atoms with Crippen molar-refractivity contribution in [2.24, 2.45) is 0 Å². The number of hydrogen-bond donors (Lipinski definition) is 1. The molecule has 92 valence electrons. The maximum absolute atomic E-state index is 8.85. The average Bonchev–Trinajstić information content (AvgIpc) is 2.34. The van der Waals surface area contributed by atoms with E-state index in [4.69, 9.17) is 5.26 Å². The van der Waals surface area contributed by atoms with Gasteiger partial charge in [-0.2, -0.15) is 17.0 Å². The Morgan fingerprint density at radius 2 is 2.12 bits per heavy atom. The van der Waals surface area contributed by atoms with Crippen LogP contribution in [0, 0.1) is 11.3 Å². The molecular weight excluding hydrogens is 228 g/mol. The van der Waals surface area contributed by atoms with E-state index in [0.29, 0.717) is 11.3 Å². The van der Waals surface area contributed by atoms with Crippen LogP contribution in [0.3, 0.4) is 0 Å². The molecule has 1 aromatic rings. The summed E-state index contributed by atoms with van der Waals surface area (Å²) in [4.78, 5) is 0. The number of nitriles is 1. The predicted octanol–water partition coefficient (Wildman–Crippen LogP) is 3.35. The summed E-state index contributed by atoms with van der Waals surface area (Å²) in [5, 5.41) is 13.0. The molecule has 1 unspecified atom stereocenters. The van der Waals surface area contributed by atoms with Crippen LogP contribution in [0.1, 0.15) is 37.9 Å². The van der Waals surface area contributed by atoms with E-state index >= 15 is 0 Å². The number of rotatable bonds is 6. The summed E-state index contributed by atoms with van der Waals surface area (Å²) < 4.78 is 0. The zero-order chi connectivity index (χ0) is 12.7. The molecule has 0 radical (unpaired) electrons. The van der Waals surface area contributed by atoms with Gasteiger partial charge in [0, 0.05) is 18.3 Å². The molecule has 0 fully saturated rings. The van der Waals surface area contributed by atoms with Gasteiger partial charge in [0.1, 0.15) is 0 Å². The summed E-state index contributed by atoms with van der Waals surface area (Å²) >= 11 is 1.96. The summed E-state index contributed by atoms with van der Waals surface area (Å²) in [7, 11) is 0. The van der Waals surface area contributed by atoms with E-state index in [-0.39, 0.29) is 0 Å². The Balaban J connectivity index is 2.41. The first-order valence-corrected chi connectivity index (χ1v) is 7.03. The molecule has 0 aromatic heterocycles. The van der Waals surface area contributed by atoms with E-state index in [1.165, 1.54) is 5.56 Å². The molecule has 1 aromatic carbocycles. The van der Waals surface area contributed by atoms with Gasteiger partial charge in [-0.15, -0.1) is 0 Å². The van der Waals surface area contributed by atoms with Crippen LogP contribution in [-0.2, 0) is 0 Å². The number of nitrogens with one attached hydrogen (secondary N) is 1. The lowest BCUT2D eigenvalue weighted by atomic mass is 10.1. The SMILES string of the molecule is CC(C)SCCNC(C)c1cccc(C#N)c1. The Morgan fingerprint density at radius 1 is 1.35 bits per heavy atom. The Kier molecular flexibility index (Phi) is 6.10. The van der Waals surface area contributed by atoms with Crippen LogP contribution in [-0.4, -0.2) is 17.5 Å². The maximum atomic E-state index is 8.85. The van der Waals surface area contributed by atoms with Crippen molar-refractivity contribution in [1.29, 1.82) is 5.26 Å². The monoisotopic (exact) mass is 248 g/mol. The van der Waals surface area contributed by atoms with Gasteiger partial charge in [-0.25, -0.2) is 0 Å². The molecule has 0 heterocycles. The van der Waals surface area contributed by atoms with Crippen molar-refractivity contribution in [1.82, 2.24) is 5.32 Å². The van der Waals surface area contributed by atoms with Crippen molar-refractivity contribution in [3.8, 4) is 6.07 Å². The fourth-order valence-electron chi connectivity index (χ4n) is 1.57. The highest BCUT2D eigenvalue weighted by atomic mass is 32.2. The van der Waals surface area contributed by atoms with Gasteiger partial charge in [-0.1, -0.05) is 26.0 Å². The van der Waals surface area contributed by atoms with Crippen LogP contribution < -0.4 is 5.32 Å². The van der Waals surface area contributed by atoms with Gasteiger partial charge in [0.2, 0.25) is 0 Å². The van der Waals surface area contributed by atoms with Gasteiger partial charge in [-0.3, -0.25) is 0 Å². The molecule has 1 atom stereocenters. The molecule has 1 N–H and O–H groups in total. The first-order valence-electron chi connectivity index (χ1n) is 5.98. The van der Waals surface area contributed by atoms with E-state index in [2.05, 4.69) is 38.2 Å². The molecule has 0 aliphatic rings. The molecule has 17 heavy (non-hydrogen) atoms. The molecule has 2 nitrogen and oxygen atoms in total. The van der Waals surface area contributed by atoms with Crippen molar-refractivity contribution in [3.63, 3.8) is 0 Å². The molecule has 0 amide bonds. The molecule has 0 bridgehead atoms. The summed E-state index contributed by atoms with van der Waals surface area (Å²) in [5.74, 6) is 1.12. The highest BCUT2D eigenvalue weighted by Gasteiger charge is 2.05. The molecule has 0 saturated heterocycles.